The molecule has 0 aliphatic heterocycles. The van der Waals surface area contributed by atoms with Crippen LogP contribution in [0.3, 0.4) is 0 Å². The summed E-state index contributed by atoms with van der Waals surface area (Å²) in [6.45, 7) is 3.61. The maximum absolute atomic E-state index is 13.1. The van der Waals surface area contributed by atoms with Crippen molar-refractivity contribution < 1.29 is 18.3 Å². The first-order chi connectivity index (χ1) is 12.2. The lowest BCUT2D eigenvalue weighted by molar-refractivity contribution is -0.137. The highest BCUT2D eigenvalue weighted by Gasteiger charge is 2.34. The summed E-state index contributed by atoms with van der Waals surface area (Å²) in [5.41, 5.74) is 1.67. The summed E-state index contributed by atoms with van der Waals surface area (Å²) < 4.78 is 41.1. The van der Waals surface area contributed by atoms with Gasteiger partial charge in [-0.15, -0.1) is 0 Å². The molecule has 3 aromatic rings. The normalized spacial score (nSPS) is 13.3. The summed E-state index contributed by atoms with van der Waals surface area (Å²) in [7, 11) is 0. The molecule has 26 heavy (non-hydrogen) atoms. The Morgan fingerprint density at radius 3 is 2.38 bits per heavy atom. The first-order valence-corrected chi connectivity index (χ1v) is 8.64. The quantitative estimate of drug-likeness (QED) is 0.674. The van der Waals surface area contributed by atoms with Crippen molar-refractivity contribution in [2.45, 2.75) is 39.0 Å². The van der Waals surface area contributed by atoms with Crippen molar-refractivity contribution in [3.8, 4) is 5.69 Å². The Bertz CT molecular complexity index is 931. The largest absolute Gasteiger partial charge is 0.417 e. The van der Waals surface area contributed by atoms with Crippen LogP contribution in [-0.4, -0.2) is 20.8 Å². The number of halogens is 4. The predicted molar refractivity (Wildman–Crippen MR) is 95.8 cm³/mol. The van der Waals surface area contributed by atoms with E-state index in [2.05, 4.69) is 4.98 Å². The van der Waals surface area contributed by atoms with Crippen LogP contribution in [0.4, 0.5) is 13.2 Å². The fraction of sp³-hybridized carbons (Fsp3) is 0.316. The summed E-state index contributed by atoms with van der Waals surface area (Å²) in [5.74, 6) is 0.652. The van der Waals surface area contributed by atoms with Gasteiger partial charge in [0.25, 0.3) is 0 Å². The van der Waals surface area contributed by atoms with E-state index in [0.29, 0.717) is 24.2 Å². The molecule has 0 radical (unpaired) electrons. The molecule has 7 heteroatoms. The second-order valence-corrected chi connectivity index (χ2v) is 6.66. The van der Waals surface area contributed by atoms with Crippen LogP contribution in [0.1, 0.15) is 30.8 Å². The molecule has 138 valence electrons. The van der Waals surface area contributed by atoms with Gasteiger partial charge in [0, 0.05) is 12.1 Å². The molecule has 1 atom stereocenters. The third-order valence-corrected chi connectivity index (χ3v) is 4.47. The lowest BCUT2D eigenvalue weighted by atomic mass is 10.1. The number of aliphatic hydroxyl groups excluding tert-OH is 1. The van der Waals surface area contributed by atoms with Gasteiger partial charge in [-0.1, -0.05) is 30.7 Å². The Morgan fingerprint density at radius 2 is 1.85 bits per heavy atom. The van der Waals surface area contributed by atoms with E-state index in [1.54, 1.807) is 6.92 Å². The number of benzene rings is 2. The summed E-state index contributed by atoms with van der Waals surface area (Å²) in [4.78, 5) is 4.36. The number of nitrogens with zero attached hydrogens (tertiary/aromatic N) is 2. The number of hydrogen-bond donors (Lipinski definition) is 1. The zero-order chi connectivity index (χ0) is 19.1. The van der Waals surface area contributed by atoms with Crippen molar-refractivity contribution in [3.05, 3.63) is 58.4 Å². The Labute approximate surface area is 154 Å². The maximum atomic E-state index is 13.1. The molecule has 0 spiro atoms. The number of aromatic nitrogens is 2. The highest BCUT2D eigenvalue weighted by molar-refractivity contribution is 6.32. The Balaban J connectivity index is 2.14. The van der Waals surface area contributed by atoms with Gasteiger partial charge in [-0.2, -0.15) is 13.2 Å². The minimum absolute atomic E-state index is 0.256. The Morgan fingerprint density at radius 1 is 1.19 bits per heavy atom. The SMILES string of the molecule is CCc1nc2cc(C(F)(F)F)c(Cl)cc2n1-c1ccc(C[C@H](C)O)cc1. The molecule has 0 amide bonds. The van der Waals surface area contributed by atoms with Gasteiger partial charge in [-0.05, 0) is 43.2 Å². The summed E-state index contributed by atoms with van der Waals surface area (Å²) in [6.07, 6.45) is -3.87. The van der Waals surface area contributed by atoms with Crippen LogP contribution >= 0.6 is 11.6 Å². The topological polar surface area (TPSA) is 38.0 Å². The van der Waals surface area contributed by atoms with Crippen LogP contribution in [0.25, 0.3) is 16.7 Å². The number of fused-ring (bicyclic) bond motifs is 1. The molecule has 1 heterocycles. The van der Waals surface area contributed by atoms with E-state index in [0.717, 1.165) is 17.3 Å². The van der Waals surface area contributed by atoms with Gasteiger partial charge in [-0.25, -0.2) is 4.98 Å². The average Bonchev–Trinajstić information content (AvgIpc) is 2.91. The van der Waals surface area contributed by atoms with Gasteiger partial charge < -0.3 is 5.11 Å². The van der Waals surface area contributed by atoms with Crippen LogP contribution < -0.4 is 0 Å². The molecule has 3 nitrogen and oxygen atoms in total. The fourth-order valence-electron chi connectivity index (χ4n) is 3.01. The van der Waals surface area contributed by atoms with Gasteiger partial charge in [0.15, 0.2) is 0 Å². The van der Waals surface area contributed by atoms with Gasteiger partial charge in [0.05, 0.1) is 27.7 Å². The number of alkyl halides is 3. The third-order valence-electron chi connectivity index (χ3n) is 4.16. The van der Waals surface area contributed by atoms with Gasteiger partial charge in [-0.3, -0.25) is 4.57 Å². The van der Waals surface area contributed by atoms with Gasteiger partial charge in [0.1, 0.15) is 5.82 Å². The number of rotatable bonds is 4. The van der Waals surface area contributed by atoms with E-state index in [9.17, 15) is 18.3 Å². The molecule has 0 bridgehead atoms. The second-order valence-electron chi connectivity index (χ2n) is 6.26. The zero-order valence-corrected chi connectivity index (χ0v) is 15.1. The van der Waals surface area contributed by atoms with E-state index in [1.807, 2.05) is 35.8 Å². The Kier molecular flexibility index (Phi) is 4.99. The molecule has 0 unspecified atom stereocenters. The number of imidazole rings is 1. The molecule has 1 aromatic heterocycles. The number of aliphatic hydroxyl groups is 1. The molecule has 1 N–H and O–H groups in total. The van der Waals surface area contributed by atoms with Gasteiger partial charge in [0.2, 0.25) is 0 Å². The van der Waals surface area contributed by atoms with Crippen molar-refractivity contribution in [1.82, 2.24) is 9.55 Å². The highest BCUT2D eigenvalue weighted by Crippen LogP contribution is 2.37. The maximum Gasteiger partial charge on any atom is 0.417 e. The fourth-order valence-corrected chi connectivity index (χ4v) is 3.28. The summed E-state index contributed by atoms with van der Waals surface area (Å²) >= 11 is 5.89. The molecule has 3 rings (SSSR count). The molecule has 0 fully saturated rings. The van der Waals surface area contributed by atoms with E-state index >= 15 is 0 Å². The number of aryl methyl sites for hydroxylation is 1. The second kappa shape index (κ2) is 6.93. The van der Waals surface area contributed by atoms with Crippen LogP contribution in [0, 0.1) is 0 Å². The monoisotopic (exact) mass is 382 g/mol. The van der Waals surface area contributed by atoms with E-state index in [-0.39, 0.29) is 10.5 Å². The van der Waals surface area contributed by atoms with Crippen LogP contribution in [-0.2, 0) is 19.0 Å². The van der Waals surface area contributed by atoms with Crippen LogP contribution in [0.5, 0.6) is 0 Å². The minimum atomic E-state index is -4.52. The Hall–Kier alpha value is -2.05. The van der Waals surface area contributed by atoms with Crippen LogP contribution in [0.15, 0.2) is 36.4 Å². The molecule has 2 aromatic carbocycles. The smallest absolute Gasteiger partial charge is 0.393 e. The molecular formula is C19H18ClF3N2O. The first-order valence-electron chi connectivity index (χ1n) is 8.26. The minimum Gasteiger partial charge on any atom is -0.393 e. The predicted octanol–water partition coefficient (Wildman–Crippen LogP) is 5.18. The molecule has 0 aliphatic rings. The number of hydrogen-bond acceptors (Lipinski definition) is 2. The van der Waals surface area contributed by atoms with E-state index < -0.39 is 17.8 Å². The van der Waals surface area contributed by atoms with Crippen molar-refractivity contribution in [1.29, 1.82) is 0 Å². The molecular weight excluding hydrogens is 365 g/mol. The molecule has 0 saturated carbocycles. The first kappa shape index (κ1) is 18.7. The van der Waals surface area contributed by atoms with Crippen molar-refractivity contribution in [2.75, 3.05) is 0 Å². The molecule has 0 aliphatic carbocycles. The zero-order valence-electron chi connectivity index (χ0n) is 14.3. The summed E-state index contributed by atoms with van der Waals surface area (Å²) in [6, 6.07) is 9.82. The van der Waals surface area contributed by atoms with E-state index in [4.69, 9.17) is 11.6 Å². The highest BCUT2D eigenvalue weighted by atomic mass is 35.5. The van der Waals surface area contributed by atoms with Crippen LogP contribution in [0.2, 0.25) is 5.02 Å². The van der Waals surface area contributed by atoms with Crippen molar-refractivity contribution in [3.63, 3.8) is 0 Å². The van der Waals surface area contributed by atoms with Crippen molar-refractivity contribution >= 4 is 22.6 Å². The average molecular weight is 383 g/mol. The third kappa shape index (κ3) is 3.57. The lowest BCUT2D eigenvalue weighted by Crippen LogP contribution is -2.06. The van der Waals surface area contributed by atoms with E-state index in [1.165, 1.54) is 6.07 Å². The lowest BCUT2D eigenvalue weighted by Gasteiger charge is -2.12. The van der Waals surface area contributed by atoms with Crippen molar-refractivity contribution in [2.24, 2.45) is 0 Å². The molecule has 0 saturated heterocycles. The summed E-state index contributed by atoms with van der Waals surface area (Å²) in [5, 5.41) is 9.14. The van der Waals surface area contributed by atoms with Gasteiger partial charge >= 0.3 is 6.18 Å². The standard InChI is InChI=1S/C19H18ClF3N2O/c1-3-18-24-16-9-14(19(21,22)23)15(20)10-17(16)25(18)13-6-4-12(5-7-13)8-11(2)26/h4-7,9-11,26H,3,8H2,1-2H3/t11-/m0/s1.